The summed E-state index contributed by atoms with van der Waals surface area (Å²) < 4.78 is 11.2. The van der Waals surface area contributed by atoms with Crippen molar-refractivity contribution in [3.05, 3.63) is 205 Å². The van der Waals surface area contributed by atoms with Gasteiger partial charge in [0.1, 0.15) is 12.5 Å². The zero-order chi connectivity index (χ0) is 33.8. The molecule has 0 spiro atoms. The van der Waals surface area contributed by atoms with Gasteiger partial charge in [0, 0.05) is 11.1 Å². The molecule has 9 aromatic rings. The number of nitrogens with zero attached hydrogens (tertiary/aromatic N) is 2. The molecule has 0 aliphatic heterocycles. The summed E-state index contributed by atoms with van der Waals surface area (Å²) in [5, 5.41) is 2.45. The van der Waals surface area contributed by atoms with Crippen LogP contribution in [0.1, 0.15) is 22.3 Å². The van der Waals surface area contributed by atoms with Crippen LogP contribution in [0.15, 0.2) is 191 Å². The van der Waals surface area contributed by atoms with Crippen LogP contribution in [0, 0.1) is 0 Å². The van der Waals surface area contributed by atoms with E-state index in [0.29, 0.717) is 11.8 Å². The second-order valence-electron chi connectivity index (χ2n) is 13.0. The van der Waals surface area contributed by atoms with Gasteiger partial charge in [0.05, 0.1) is 17.8 Å². The van der Waals surface area contributed by atoms with Crippen molar-refractivity contribution in [2.75, 3.05) is 0 Å². The Morgan fingerprint density at radius 1 is 0.392 bits per heavy atom. The molecule has 1 aliphatic carbocycles. The molecule has 0 N–H and O–H groups in total. The molecule has 0 amide bonds. The third-order valence-electron chi connectivity index (χ3n) is 10.3. The van der Waals surface area contributed by atoms with E-state index in [1.807, 2.05) is 0 Å². The number of benzene rings is 7. The number of hydrogen-bond acceptors (Lipinski definition) is 4. The maximum Gasteiger partial charge on any atom is 0.225 e. The van der Waals surface area contributed by atoms with Crippen molar-refractivity contribution < 1.29 is 8.83 Å². The van der Waals surface area contributed by atoms with Gasteiger partial charge in [0.15, 0.2) is 0 Å². The quantitative estimate of drug-likeness (QED) is 0.179. The average Bonchev–Trinajstić information content (AvgIpc) is 4.00. The molecular formula is C47H30N2O2. The summed E-state index contributed by atoms with van der Waals surface area (Å²) in [6.07, 6.45) is 6.58. The highest BCUT2D eigenvalue weighted by Gasteiger charge is 2.47. The van der Waals surface area contributed by atoms with Crippen LogP contribution < -0.4 is 0 Å². The lowest BCUT2D eigenvalue weighted by Crippen LogP contribution is -2.28. The predicted octanol–water partition coefficient (Wildman–Crippen LogP) is 11.8. The van der Waals surface area contributed by atoms with Crippen molar-refractivity contribution in [2.24, 2.45) is 0 Å². The lowest BCUT2D eigenvalue weighted by Gasteiger charge is -2.34. The molecule has 1 aliphatic rings. The minimum atomic E-state index is -0.571. The van der Waals surface area contributed by atoms with Crippen molar-refractivity contribution in [1.29, 1.82) is 0 Å². The molecule has 7 aromatic carbocycles. The fraction of sp³-hybridized carbons (Fsp3) is 0.0213. The Kier molecular flexibility index (Phi) is 6.68. The molecule has 2 heterocycles. The molecule has 0 unspecified atom stereocenters. The van der Waals surface area contributed by atoms with Gasteiger partial charge < -0.3 is 8.83 Å². The van der Waals surface area contributed by atoms with Gasteiger partial charge in [-0.1, -0.05) is 121 Å². The second-order valence-corrected chi connectivity index (χ2v) is 13.0. The zero-order valence-corrected chi connectivity index (χ0v) is 27.5. The van der Waals surface area contributed by atoms with Crippen LogP contribution in [-0.2, 0) is 5.41 Å². The summed E-state index contributed by atoms with van der Waals surface area (Å²) in [6.45, 7) is 0. The van der Waals surface area contributed by atoms with Crippen molar-refractivity contribution in [3.8, 4) is 56.3 Å². The van der Waals surface area contributed by atoms with Crippen LogP contribution in [0.3, 0.4) is 0 Å². The first-order valence-electron chi connectivity index (χ1n) is 17.1. The molecule has 0 bridgehead atoms. The highest BCUT2D eigenvalue weighted by molar-refractivity contribution is 6.10. The van der Waals surface area contributed by atoms with Gasteiger partial charge in [-0.3, -0.25) is 0 Å². The fourth-order valence-electron chi connectivity index (χ4n) is 8.09. The van der Waals surface area contributed by atoms with Crippen LogP contribution in [-0.4, -0.2) is 9.97 Å². The highest BCUT2D eigenvalue weighted by atomic mass is 16.3. The SMILES string of the molecule is c1ccc(C2(c3ccccc3)c3cc(-c4ccc(-c5ncco5)cc4)ccc3-c3c2cc(-c2ccc(-c4ncco4)cc2)c2ccccc32)cc1. The Balaban J connectivity index is 1.25. The van der Waals surface area contributed by atoms with Crippen LogP contribution in [0.5, 0.6) is 0 Å². The molecule has 0 radical (unpaired) electrons. The van der Waals surface area contributed by atoms with Gasteiger partial charge in [-0.2, -0.15) is 0 Å². The van der Waals surface area contributed by atoms with Gasteiger partial charge in [0.2, 0.25) is 11.8 Å². The molecule has 0 atom stereocenters. The van der Waals surface area contributed by atoms with E-state index in [0.717, 1.165) is 27.8 Å². The summed E-state index contributed by atoms with van der Waals surface area (Å²) in [5.41, 5.74) is 13.5. The first kappa shape index (κ1) is 29.2. The third-order valence-corrected chi connectivity index (χ3v) is 10.3. The van der Waals surface area contributed by atoms with Crippen molar-refractivity contribution >= 4 is 10.8 Å². The van der Waals surface area contributed by atoms with Gasteiger partial charge >= 0.3 is 0 Å². The largest absolute Gasteiger partial charge is 0.445 e. The van der Waals surface area contributed by atoms with E-state index >= 15 is 0 Å². The summed E-state index contributed by atoms with van der Waals surface area (Å²) in [5.74, 6) is 1.24. The summed E-state index contributed by atoms with van der Waals surface area (Å²) >= 11 is 0. The summed E-state index contributed by atoms with van der Waals surface area (Å²) in [6, 6.07) is 57.3. The first-order valence-corrected chi connectivity index (χ1v) is 17.1. The minimum absolute atomic E-state index is 0.571. The molecular weight excluding hydrogens is 625 g/mol. The molecule has 51 heavy (non-hydrogen) atoms. The van der Waals surface area contributed by atoms with Crippen LogP contribution in [0.4, 0.5) is 0 Å². The molecule has 2 aromatic heterocycles. The third kappa shape index (κ3) is 4.54. The van der Waals surface area contributed by atoms with E-state index in [1.54, 1.807) is 24.9 Å². The number of rotatable bonds is 6. The van der Waals surface area contributed by atoms with E-state index < -0.39 is 5.41 Å². The Labute approximate surface area is 295 Å². The van der Waals surface area contributed by atoms with Crippen LogP contribution >= 0.6 is 0 Å². The number of oxazole rings is 2. The topological polar surface area (TPSA) is 52.1 Å². The van der Waals surface area contributed by atoms with Crippen molar-refractivity contribution in [3.63, 3.8) is 0 Å². The smallest absolute Gasteiger partial charge is 0.225 e. The van der Waals surface area contributed by atoms with E-state index in [2.05, 4.69) is 168 Å². The van der Waals surface area contributed by atoms with Crippen LogP contribution in [0.2, 0.25) is 0 Å². The fourth-order valence-corrected chi connectivity index (χ4v) is 8.09. The normalized spacial score (nSPS) is 12.9. The van der Waals surface area contributed by atoms with E-state index in [4.69, 9.17) is 8.83 Å². The molecule has 0 saturated carbocycles. The average molecular weight is 655 g/mol. The van der Waals surface area contributed by atoms with Gasteiger partial charge in [-0.25, -0.2) is 9.97 Å². The predicted molar refractivity (Wildman–Crippen MR) is 203 cm³/mol. The molecule has 10 rings (SSSR count). The van der Waals surface area contributed by atoms with Gasteiger partial charge in [0.25, 0.3) is 0 Å². The zero-order valence-electron chi connectivity index (χ0n) is 27.5. The summed E-state index contributed by atoms with van der Waals surface area (Å²) in [7, 11) is 0. The maximum atomic E-state index is 5.60. The van der Waals surface area contributed by atoms with Crippen LogP contribution in [0.25, 0.3) is 67.1 Å². The monoisotopic (exact) mass is 654 g/mol. The Morgan fingerprint density at radius 2 is 0.902 bits per heavy atom. The lowest BCUT2D eigenvalue weighted by atomic mass is 9.67. The number of aromatic nitrogens is 2. The van der Waals surface area contributed by atoms with Crippen molar-refractivity contribution in [1.82, 2.24) is 9.97 Å². The van der Waals surface area contributed by atoms with Gasteiger partial charge in [-0.15, -0.1) is 0 Å². The van der Waals surface area contributed by atoms with E-state index in [9.17, 15) is 0 Å². The first-order chi connectivity index (χ1) is 25.3. The summed E-state index contributed by atoms with van der Waals surface area (Å²) in [4.78, 5) is 8.71. The minimum Gasteiger partial charge on any atom is -0.445 e. The van der Waals surface area contributed by atoms with E-state index in [1.165, 1.54) is 49.7 Å². The Hall–Kier alpha value is -6.78. The highest BCUT2D eigenvalue weighted by Crippen LogP contribution is 2.59. The molecule has 240 valence electrons. The molecule has 0 fully saturated rings. The number of hydrogen-bond donors (Lipinski definition) is 0. The Bertz CT molecular complexity index is 2600. The van der Waals surface area contributed by atoms with Gasteiger partial charge in [-0.05, 0) is 103 Å². The van der Waals surface area contributed by atoms with Crippen molar-refractivity contribution in [2.45, 2.75) is 5.41 Å². The lowest BCUT2D eigenvalue weighted by molar-refractivity contribution is 0.574. The maximum absolute atomic E-state index is 5.60. The van der Waals surface area contributed by atoms with E-state index in [-0.39, 0.29) is 0 Å². The number of fused-ring (bicyclic) bond motifs is 5. The molecule has 4 heteroatoms. The molecule has 0 saturated heterocycles. The Morgan fingerprint density at radius 3 is 1.47 bits per heavy atom. The second kappa shape index (κ2) is 11.7. The molecule has 4 nitrogen and oxygen atoms in total. The standard InChI is InChI=1S/C47H30N2O2/c1-3-9-36(10-4-1)47(37-11-5-2-6-12-37)42-29-35(31-15-19-33(20-16-31)45-48-25-27-50-45)23-24-40(42)44-39-14-8-7-13-38(39)41(30-43(44)47)32-17-21-34(22-18-32)46-49-26-28-51-46/h1-30H.